The summed E-state index contributed by atoms with van der Waals surface area (Å²) in [4.78, 5) is 0. The number of ether oxygens (including phenoxy) is 1. The van der Waals surface area contributed by atoms with E-state index in [1.807, 2.05) is 0 Å². The normalized spacial score (nSPS) is 15.1. The topological polar surface area (TPSA) is 21.3 Å². The predicted octanol–water partition coefficient (Wildman–Crippen LogP) is 3.29. The fourth-order valence-corrected chi connectivity index (χ4v) is 2.50. The summed E-state index contributed by atoms with van der Waals surface area (Å²) in [5.74, 6) is 1.09. The summed E-state index contributed by atoms with van der Waals surface area (Å²) < 4.78 is 5.68. The molecule has 1 N–H and O–H groups in total. The third kappa shape index (κ3) is 3.05. The van der Waals surface area contributed by atoms with E-state index in [4.69, 9.17) is 4.74 Å². The van der Waals surface area contributed by atoms with Gasteiger partial charge >= 0.3 is 0 Å². The van der Waals surface area contributed by atoms with Gasteiger partial charge in [0.2, 0.25) is 0 Å². The summed E-state index contributed by atoms with van der Waals surface area (Å²) in [6, 6.07) is 6.73. The molecule has 0 unspecified atom stereocenters. The van der Waals surface area contributed by atoms with Crippen LogP contribution in [0.5, 0.6) is 5.75 Å². The van der Waals surface area contributed by atoms with Crippen molar-refractivity contribution < 1.29 is 4.74 Å². The Morgan fingerprint density at radius 3 is 2.94 bits per heavy atom. The summed E-state index contributed by atoms with van der Waals surface area (Å²) in [6.45, 7) is 9.82. The minimum Gasteiger partial charge on any atom is -0.493 e. The van der Waals surface area contributed by atoms with Gasteiger partial charge < -0.3 is 10.1 Å². The molecule has 1 aliphatic rings. The average molecular weight is 247 g/mol. The molecule has 18 heavy (non-hydrogen) atoms. The van der Waals surface area contributed by atoms with E-state index >= 15 is 0 Å². The van der Waals surface area contributed by atoms with Crippen LogP contribution < -0.4 is 10.1 Å². The SMILES string of the molecule is CCNCCC(C)(C)c1ccc2c(c1)CCCO2. The van der Waals surface area contributed by atoms with Crippen molar-refractivity contribution in [3.8, 4) is 5.75 Å². The van der Waals surface area contributed by atoms with Crippen LogP contribution in [-0.2, 0) is 11.8 Å². The second-order valence-electron chi connectivity index (χ2n) is 5.76. The van der Waals surface area contributed by atoms with E-state index in [0.29, 0.717) is 0 Å². The Balaban J connectivity index is 2.11. The van der Waals surface area contributed by atoms with Crippen LogP contribution in [-0.4, -0.2) is 19.7 Å². The summed E-state index contributed by atoms with van der Waals surface area (Å²) in [6.07, 6.45) is 3.47. The van der Waals surface area contributed by atoms with Gasteiger partial charge in [-0.15, -0.1) is 0 Å². The van der Waals surface area contributed by atoms with Gasteiger partial charge in [-0.1, -0.05) is 32.9 Å². The molecule has 0 fully saturated rings. The van der Waals surface area contributed by atoms with Gasteiger partial charge in [0.05, 0.1) is 6.61 Å². The van der Waals surface area contributed by atoms with Crippen LogP contribution in [0.3, 0.4) is 0 Å². The van der Waals surface area contributed by atoms with Crippen molar-refractivity contribution in [1.29, 1.82) is 0 Å². The maximum absolute atomic E-state index is 5.68. The van der Waals surface area contributed by atoms with E-state index in [0.717, 1.165) is 38.3 Å². The fourth-order valence-electron chi connectivity index (χ4n) is 2.50. The first kappa shape index (κ1) is 13.4. The highest BCUT2D eigenvalue weighted by molar-refractivity contribution is 5.40. The van der Waals surface area contributed by atoms with E-state index in [1.165, 1.54) is 17.5 Å². The first-order valence-corrected chi connectivity index (χ1v) is 7.10. The number of aryl methyl sites for hydroxylation is 1. The standard InChI is InChI=1S/C16H25NO/c1-4-17-10-9-16(2,3)14-7-8-15-13(12-14)6-5-11-18-15/h7-8,12,17H,4-6,9-11H2,1-3H3. The van der Waals surface area contributed by atoms with Gasteiger partial charge in [-0.25, -0.2) is 0 Å². The lowest BCUT2D eigenvalue weighted by atomic mass is 9.80. The molecule has 2 heteroatoms. The number of hydrogen-bond donors (Lipinski definition) is 1. The van der Waals surface area contributed by atoms with Gasteiger partial charge in [-0.3, -0.25) is 0 Å². The van der Waals surface area contributed by atoms with E-state index in [9.17, 15) is 0 Å². The average Bonchev–Trinajstić information content (AvgIpc) is 2.38. The molecule has 0 spiro atoms. The number of rotatable bonds is 5. The molecule has 2 nitrogen and oxygen atoms in total. The van der Waals surface area contributed by atoms with E-state index in [1.54, 1.807) is 0 Å². The molecular weight excluding hydrogens is 222 g/mol. The van der Waals surface area contributed by atoms with Crippen molar-refractivity contribution in [2.75, 3.05) is 19.7 Å². The zero-order valence-corrected chi connectivity index (χ0v) is 11.9. The van der Waals surface area contributed by atoms with Crippen molar-refractivity contribution in [2.45, 2.75) is 45.4 Å². The van der Waals surface area contributed by atoms with Crippen molar-refractivity contribution in [3.05, 3.63) is 29.3 Å². The Labute approximate surface area is 111 Å². The minimum absolute atomic E-state index is 0.231. The Kier molecular flexibility index (Phi) is 4.28. The Morgan fingerprint density at radius 1 is 1.33 bits per heavy atom. The van der Waals surface area contributed by atoms with Gasteiger partial charge in [0.25, 0.3) is 0 Å². The Hall–Kier alpha value is -1.02. The lowest BCUT2D eigenvalue weighted by Gasteiger charge is -2.27. The molecule has 100 valence electrons. The van der Waals surface area contributed by atoms with Crippen molar-refractivity contribution >= 4 is 0 Å². The number of fused-ring (bicyclic) bond motifs is 1. The summed E-state index contributed by atoms with van der Waals surface area (Å²) in [5, 5.41) is 3.41. The maximum Gasteiger partial charge on any atom is 0.122 e. The molecule has 0 radical (unpaired) electrons. The summed E-state index contributed by atoms with van der Waals surface area (Å²) >= 11 is 0. The molecule has 0 saturated carbocycles. The lowest BCUT2D eigenvalue weighted by Crippen LogP contribution is -2.25. The van der Waals surface area contributed by atoms with Crippen LogP contribution in [0, 0.1) is 0 Å². The zero-order chi connectivity index (χ0) is 13.0. The highest BCUT2D eigenvalue weighted by atomic mass is 16.5. The van der Waals surface area contributed by atoms with Crippen LogP contribution in [0.4, 0.5) is 0 Å². The highest BCUT2D eigenvalue weighted by Crippen LogP contribution is 2.32. The molecule has 0 aliphatic carbocycles. The van der Waals surface area contributed by atoms with Crippen LogP contribution in [0.15, 0.2) is 18.2 Å². The van der Waals surface area contributed by atoms with Gasteiger partial charge in [-0.2, -0.15) is 0 Å². The minimum atomic E-state index is 0.231. The lowest BCUT2D eigenvalue weighted by molar-refractivity contribution is 0.288. The molecule has 0 amide bonds. The second-order valence-corrected chi connectivity index (χ2v) is 5.76. The summed E-state index contributed by atoms with van der Waals surface area (Å²) in [5.41, 5.74) is 3.05. The van der Waals surface area contributed by atoms with Crippen LogP contribution in [0.1, 0.15) is 44.7 Å². The number of nitrogens with one attached hydrogen (secondary N) is 1. The van der Waals surface area contributed by atoms with Crippen LogP contribution in [0.2, 0.25) is 0 Å². The Morgan fingerprint density at radius 2 is 2.17 bits per heavy atom. The fraction of sp³-hybridized carbons (Fsp3) is 0.625. The zero-order valence-electron chi connectivity index (χ0n) is 11.9. The maximum atomic E-state index is 5.68. The molecule has 0 aromatic heterocycles. The third-order valence-electron chi connectivity index (χ3n) is 3.87. The van der Waals surface area contributed by atoms with Crippen molar-refractivity contribution in [3.63, 3.8) is 0 Å². The molecule has 1 heterocycles. The molecule has 1 aromatic rings. The largest absolute Gasteiger partial charge is 0.493 e. The molecule has 1 aromatic carbocycles. The molecule has 2 rings (SSSR count). The quantitative estimate of drug-likeness (QED) is 0.806. The van der Waals surface area contributed by atoms with Gasteiger partial charge in [0.1, 0.15) is 5.75 Å². The summed E-state index contributed by atoms with van der Waals surface area (Å²) in [7, 11) is 0. The van der Waals surface area contributed by atoms with Gasteiger partial charge in [0.15, 0.2) is 0 Å². The number of benzene rings is 1. The van der Waals surface area contributed by atoms with Gasteiger partial charge in [-0.05, 0) is 55.0 Å². The number of hydrogen-bond acceptors (Lipinski definition) is 2. The van der Waals surface area contributed by atoms with Crippen LogP contribution >= 0.6 is 0 Å². The molecule has 1 aliphatic heterocycles. The molecule has 0 atom stereocenters. The smallest absolute Gasteiger partial charge is 0.122 e. The van der Waals surface area contributed by atoms with E-state index in [2.05, 4.69) is 44.3 Å². The first-order valence-electron chi connectivity index (χ1n) is 7.10. The Bertz CT molecular complexity index is 398. The predicted molar refractivity (Wildman–Crippen MR) is 76.4 cm³/mol. The first-order chi connectivity index (χ1) is 8.63. The molecule has 0 bridgehead atoms. The second kappa shape index (κ2) is 5.75. The van der Waals surface area contributed by atoms with E-state index < -0.39 is 0 Å². The third-order valence-corrected chi connectivity index (χ3v) is 3.87. The van der Waals surface area contributed by atoms with Gasteiger partial charge in [0, 0.05) is 0 Å². The van der Waals surface area contributed by atoms with Crippen LogP contribution in [0.25, 0.3) is 0 Å². The molecule has 0 saturated heterocycles. The van der Waals surface area contributed by atoms with E-state index in [-0.39, 0.29) is 5.41 Å². The monoisotopic (exact) mass is 247 g/mol. The molecular formula is C16H25NO. The van der Waals surface area contributed by atoms with Crippen molar-refractivity contribution in [1.82, 2.24) is 5.32 Å². The van der Waals surface area contributed by atoms with Crippen molar-refractivity contribution in [2.24, 2.45) is 0 Å². The highest BCUT2D eigenvalue weighted by Gasteiger charge is 2.22.